The van der Waals surface area contributed by atoms with Crippen LogP contribution in [0.5, 0.6) is 0 Å². The van der Waals surface area contributed by atoms with E-state index < -0.39 is 51.4 Å². The van der Waals surface area contributed by atoms with E-state index in [9.17, 15) is 54.1 Å². The van der Waals surface area contributed by atoms with E-state index in [1.807, 2.05) is 0 Å². The van der Waals surface area contributed by atoms with Crippen LogP contribution in [0.1, 0.15) is 78.6 Å². The summed E-state index contributed by atoms with van der Waals surface area (Å²) in [6.07, 6.45) is -8.53. The zero-order chi connectivity index (χ0) is 30.9. The molecule has 0 heterocycles. The topological polar surface area (TPSA) is 135 Å². The first-order valence-corrected chi connectivity index (χ1v) is 15.2. The summed E-state index contributed by atoms with van der Waals surface area (Å²) in [5, 5.41) is -5.92. The van der Waals surface area contributed by atoms with Crippen LogP contribution in [0.15, 0.2) is 0 Å². The number of carbonyl (C=O) groups is 4. The van der Waals surface area contributed by atoms with Crippen molar-refractivity contribution in [2.45, 2.75) is 96.1 Å². The zero-order valence-electron chi connectivity index (χ0n) is 23.0. The van der Waals surface area contributed by atoms with E-state index in [0.29, 0.717) is 32.1 Å². The number of ketones is 3. The lowest BCUT2D eigenvalue weighted by molar-refractivity contribution is -0.259. The van der Waals surface area contributed by atoms with Crippen LogP contribution in [0.4, 0.5) is 22.0 Å². The number of alkyl halides is 5. The molecule has 0 aromatic rings. The van der Waals surface area contributed by atoms with Gasteiger partial charge >= 0.3 is 17.4 Å². The summed E-state index contributed by atoms with van der Waals surface area (Å²) < 4.78 is 103. The molecule has 2 unspecified atom stereocenters. The van der Waals surface area contributed by atoms with Crippen molar-refractivity contribution in [2.24, 2.45) is 46.3 Å². The van der Waals surface area contributed by atoms with Crippen LogP contribution >= 0.6 is 0 Å². The lowest BCUT2D eigenvalue weighted by Gasteiger charge is -2.58. The van der Waals surface area contributed by atoms with Crippen LogP contribution < -0.4 is 0 Å². The van der Waals surface area contributed by atoms with Crippen LogP contribution in [-0.2, 0) is 34.0 Å². The van der Waals surface area contributed by atoms with Crippen molar-refractivity contribution in [3.63, 3.8) is 0 Å². The molecule has 41 heavy (non-hydrogen) atoms. The lowest BCUT2D eigenvalue weighted by atomic mass is 9.44. The zero-order valence-corrected chi connectivity index (χ0v) is 23.8. The Labute approximate surface area is 234 Å². The first-order chi connectivity index (χ1) is 18.7. The Morgan fingerprint density at radius 3 is 2.27 bits per heavy atom. The number of fused-ring (bicyclic) bond motifs is 5. The Hall–Kier alpha value is -1.96. The highest BCUT2D eigenvalue weighted by Crippen LogP contribution is 2.66. The van der Waals surface area contributed by atoms with Gasteiger partial charge in [0.25, 0.3) is 6.10 Å². The summed E-state index contributed by atoms with van der Waals surface area (Å²) in [4.78, 5) is 51.5. The van der Waals surface area contributed by atoms with Gasteiger partial charge in [0.2, 0.25) is 0 Å². The van der Waals surface area contributed by atoms with Gasteiger partial charge in [0.1, 0.15) is 17.3 Å². The highest BCUT2D eigenvalue weighted by Gasteiger charge is 2.66. The number of hydrogen-bond donors (Lipinski definition) is 0. The van der Waals surface area contributed by atoms with E-state index in [4.69, 9.17) is 0 Å². The van der Waals surface area contributed by atoms with Gasteiger partial charge in [0, 0.05) is 43.4 Å². The Morgan fingerprint density at radius 2 is 1.68 bits per heavy atom. The summed E-state index contributed by atoms with van der Waals surface area (Å²) in [6.45, 7) is 5.53. The smallest absolute Gasteiger partial charge is 0.432 e. The normalized spacial score (nSPS) is 37.6. The number of carbonyl (C=O) groups excluding carboxylic acids is 4. The Balaban J connectivity index is 1.47. The number of esters is 1. The average Bonchev–Trinajstić information content (AvgIpc) is 3.19. The van der Waals surface area contributed by atoms with Crippen molar-refractivity contribution in [1.29, 1.82) is 0 Å². The molecule has 0 amide bonds. The van der Waals surface area contributed by atoms with Gasteiger partial charge in [-0.3, -0.25) is 19.2 Å². The second-order valence-corrected chi connectivity index (χ2v) is 14.3. The van der Waals surface area contributed by atoms with E-state index in [-0.39, 0.29) is 71.6 Å². The van der Waals surface area contributed by atoms with Crippen molar-refractivity contribution in [1.82, 2.24) is 0 Å². The summed E-state index contributed by atoms with van der Waals surface area (Å²) in [7, 11) is -6.79. The molecule has 9 atom stereocenters. The van der Waals surface area contributed by atoms with Gasteiger partial charge in [-0.15, -0.1) is 0 Å². The minimum Gasteiger partial charge on any atom is -0.743 e. The fourth-order valence-electron chi connectivity index (χ4n) is 8.58. The second kappa shape index (κ2) is 10.3. The van der Waals surface area contributed by atoms with Crippen LogP contribution in [0.25, 0.3) is 0 Å². The molecule has 0 aromatic heterocycles. The molecule has 0 N–H and O–H groups in total. The molecule has 14 heteroatoms. The fourth-order valence-corrected chi connectivity index (χ4v) is 9.03. The van der Waals surface area contributed by atoms with Gasteiger partial charge in [-0.2, -0.15) is 22.0 Å². The molecule has 4 aliphatic carbocycles. The molecule has 0 aliphatic heterocycles. The third-order valence-electron chi connectivity index (χ3n) is 10.9. The van der Waals surface area contributed by atoms with E-state index >= 15 is 0 Å². The molecule has 0 radical (unpaired) electrons. The molecule has 4 rings (SSSR count). The predicted octanol–water partition coefficient (Wildman–Crippen LogP) is 4.60. The number of ether oxygens (including phenoxy) is 1. The Bertz CT molecular complexity index is 1230. The first kappa shape index (κ1) is 32.0. The van der Waals surface area contributed by atoms with E-state index in [2.05, 4.69) is 11.7 Å². The van der Waals surface area contributed by atoms with Crippen molar-refractivity contribution in [2.75, 3.05) is 0 Å². The van der Waals surface area contributed by atoms with Crippen LogP contribution in [-0.4, -0.2) is 53.8 Å². The number of hydrogen-bond acceptors (Lipinski definition) is 8. The maximum Gasteiger partial charge on any atom is 0.432 e. The van der Waals surface area contributed by atoms with Crippen LogP contribution in [0.3, 0.4) is 0 Å². The molecule has 0 aromatic carbocycles. The molecular weight excluding hydrogens is 579 g/mol. The number of Topliss-reactive ketones (excluding diaryl/α,β-unsaturated/α-hetero) is 3. The molecule has 4 aliphatic rings. The maximum absolute atomic E-state index is 13.8. The number of rotatable bonds is 7. The van der Waals surface area contributed by atoms with Gasteiger partial charge in [-0.25, -0.2) is 8.42 Å². The second-order valence-electron chi connectivity index (χ2n) is 12.9. The number of halogens is 5. The lowest BCUT2D eigenvalue weighted by Crippen LogP contribution is -2.60. The summed E-state index contributed by atoms with van der Waals surface area (Å²) in [6, 6.07) is 0. The molecule has 232 valence electrons. The van der Waals surface area contributed by atoms with Crippen molar-refractivity contribution >= 4 is 33.4 Å². The largest absolute Gasteiger partial charge is 0.743 e. The molecule has 4 saturated carbocycles. The quantitative estimate of drug-likeness (QED) is 0.231. The van der Waals surface area contributed by atoms with E-state index in [0.717, 1.165) is 0 Å². The first-order valence-electron chi connectivity index (χ1n) is 13.8. The summed E-state index contributed by atoms with van der Waals surface area (Å²) >= 11 is 0. The Kier molecular flexibility index (Phi) is 8.06. The SMILES string of the molecule is CC(CCC(=O)OC(C(F)(F)F)C(F)(F)S(=O)(=O)[O-])[C@H]1CC[C@H]2[C@@H]3C(=O)C[C@@H]4CC(=O)CC[C@]4(C)[C@H]3CC(=O)[C@]12C. The molecular formula is C27H34F5O8S-. The maximum atomic E-state index is 13.8. The molecule has 8 nitrogen and oxygen atoms in total. The molecule has 0 spiro atoms. The summed E-state index contributed by atoms with van der Waals surface area (Å²) in [5.41, 5.74) is -1.25. The molecule has 4 fully saturated rings. The van der Waals surface area contributed by atoms with Crippen molar-refractivity contribution in [3.05, 3.63) is 0 Å². The Morgan fingerprint density at radius 1 is 1.05 bits per heavy atom. The van der Waals surface area contributed by atoms with E-state index in [1.165, 1.54) is 0 Å². The molecule has 0 saturated heterocycles. The van der Waals surface area contributed by atoms with Crippen molar-refractivity contribution < 1.29 is 58.8 Å². The van der Waals surface area contributed by atoms with Crippen LogP contribution in [0.2, 0.25) is 0 Å². The third kappa shape index (κ3) is 5.25. The average molecular weight is 614 g/mol. The summed E-state index contributed by atoms with van der Waals surface area (Å²) in [5.74, 6) is -3.35. The monoisotopic (exact) mass is 613 g/mol. The van der Waals surface area contributed by atoms with Gasteiger partial charge in [0.15, 0.2) is 10.1 Å². The van der Waals surface area contributed by atoms with Gasteiger partial charge in [0.05, 0.1) is 0 Å². The van der Waals surface area contributed by atoms with E-state index in [1.54, 1.807) is 13.8 Å². The highest BCUT2D eigenvalue weighted by molar-refractivity contribution is 7.86. The standard InChI is InChI=1S/C27H35F5O8S/c1-13(4-7-21(36)40-23(26(28,29)30)27(31,32)41(37,38)39)16-5-6-17-22-18(12-20(35)25(16,17)3)24(2)9-8-15(33)10-14(24)11-19(22)34/h13-14,16-18,22-23H,4-12H2,1-3H3,(H,37,38,39)/p-1/t13?,14-,16+,17-,18-,22-,23?,24-,25+/m0/s1. The fraction of sp³-hybridized carbons (Fsp3) is 0.852. The molecule has 0 bridgehead atoms. The highest BCUT2D eigenvalue weighted by atomic mass is 32.2. The van der Waals surface area contributed by atoms with Crippen molar-refractivity contribution in [3.8, 4) is 0 Å². The van der Waals surface area contributed by atoms with Gasteiger partial charge < -0.3 is 9.29 Å². The minimum absolute atomic E-state index is 0.0373. The van der Waals surface area contributed by atoms with Gasteiger partial charge in [-0.05, 0) is 60.7 Å². The third-order valence-corrected chi connectivity index (χ3v) is 11.8. The van der Waals surface area contributed by atoms with Crippen LogP contribution in [0, 0.1) is 46.3 Å². The minimum atomic E-state index is -6.79. The van der Waals surface area contributed by atoms with Gasteiger partial charge in [-0.1, -0.05) is 20.8 Å². The predicted molar refractivity (Wildman–Crippen MR) is 130 cm³/mol.